The van der Waals surface area contributed by atoms with Crippen molar-refractivity contribution in [2.75, 3.05) is 26.2 Å². The molecule has 29 heavy (non-hydrogen) atoms. The van der Waals surface area contributed by atoms with Crippen LogP contribution in [0.25, 0.3) is 5.65 Å². The van der Waals surface area contributed by atoms with Gasteiger partial charge in [0.15, 0.2) is 11.6 Å². The summed E-state index contributed by atoms with van der Waals surface area (Å²) >= 11 is 0. The first-order chi connectivity index (χ1) is 14.1. The van der Waals surface area contributed by atoms with Gasteiger partial charge in [0.2, 0.25) is 5.91 Å². The zero-order valence-electron chi connectivity index (χ0n) is 17.8. The third-order valence-corrected chi connectivity index (χ3v) is 5.20. The van der Waals surface area contributed by atoms with Gasteiger partial charge in [-0.15, -0.1) is 10.2 Å². The van der Waals surface area contributed by atoms with E-state index in [0.29, 0.717) is 6.04 Å². The molecule has 0 spiro atoms. The summed E-state index contributed by atoms with van der Waals surface area (Å²) in [5, 5.41) is 15.3. The number of nitrogens with zero attached hydrogens (tertiary/aromatic N) is 5. The zero-order chi connectivity index (χ0) is 20.6. The monoisotopic (exact) mass is 399 g/mol. The number of pyridine rings is 1. The summed E-state index contributed by atoms with van der Waals surface area (Å²) in [5.41, 5.74) is 0.878. The molecule has 8 nitrogen and oxygen atoms in total. The fourth-order valence-corrected chi connectivity index (χ4v) is 3.61. The quantitative estimate of drug-likeness (QED) is 0.422. The number of nitrogens with one attached hydrogen (secondary N) is 2. The maximum atomic E-state index is 12.1. The molecule has 3 rings (SSSR count). The van der Waals surface area contributed by atoms with Crippen molar-refractivity contribution in [1.82, 2.24) is 30.1 Å². The van der Waals surface area contributed by atoms with Crippen LogP contribution in [0.3, 0.4) is 0 Å². The Morgan fingerprint density at radius 2 is 2.07 bits per heavy atom. The minimum absolute atomic E-state index is 0.0702. The van der Waals surface area contributed by atoms with Crippen LogP contribution in [-0.2, 0) is 11.2 Å². The van der Waals surface area contributed by atoms with Crippen LogP contribution in [0.15, 0.2) is 29.4 Å². The van der Waals surface area contributed by atoms with Crippen LogP contribution < -0.4 is 10.6 Å². The minimum Gasteiger partial charge on any atom is -0.357 e. The Labute approximate surface area is 172 Å². The van der Waals surface area contributed by atoms with E-state index in [1.54, 1.807) is 0 Å². The second-order valence-corrected chi connectivity index (χ2v) is 7.81. The maximum absolute atomic E-state index is 12.1. The van der Waals surface area contributed by atoms with Crippen LogP contribution in [0.1, 0.15) is 45.9 Å². The molecule has 0 bridgehead atoms. The molecule has 2 aromatic heterocycles. The SMILES string of the molecule is CCNC(=NCCCc1nnc2ccccn12)NC1CCN(C(=O)C(C)C)CC1. The number of aryl methyl sites for hydroxylation is 1. The summed E-state index contributed by atoms with van der Waals surface area (Å²) < 4.78 is 2.03. The van der Waals surface area contributed by atoms with Crippen molar-refractivity contribution in [2.24, 2.45) is 10.9 Å². The van der Waals surface area contributed by atoms with Gasteiger partial charge in [0.1, 0.15) is 5.82 Å². The van der Waals surface area contributed by atoms with Gasteiger partial charge in [-0.25, -0.2) is 0 Å². The summed E-state index contributed by atoms with van der Waals surface area (Å²) in [6, 6.07) is 6.27. The van der Waals surface area contributed by atoms with Gasteiger partial charge in [-0.2, -0.15) is 0 Å². The highest BCUT2D eigenvalue weighted by Crippen LogP contribution is 2.13. The lowest BCUT2D eigenvalue weighted by Gasteiger charge is -2.34. The molecule has 158 valence electrons. The Morgan fingerprint density at radius 3 is 2.79 bits per heavy atom. The molecular formula is C21H33N7O. The Bertz CT molecular complexity index is 821. The Morgan fingerprint density at radius 1 is 1.28 bits per heavy atom. The largest absolute Gasteiger partial charge is 0.357 e. The number of carbonyl (C=O) groups is 1. The van der Waals surface area contributed by atoms with Gasteiger partial charge in [0.25, 0.3) is 0 Å². The van der Waals surface area contributed by atoms with Crippen molar-refractivity contribution in [3.63, 3.8) is 0 Å². The highest BCUT2D eigenvalue weighted by molar-refractivity contribution is 5.80. The average molecular weight is 400 g/mol. The Balaban J connectivity index is 1.47. The zero-order valence-corrected chi connectivity index (χ0v) is 17.8. The minimum atomic E-state index is 0.0702. The normalized spacial score (nSPS) is 15.9. The molecule has 8 heteroatoms. The lowest BCUT2D eigenvalue weighted by Crippen LogP contribution is -2.50. The van der Waals surface area contributed by atoms with E-state index in [1.165, 1.54) is 0 Å². The predicted molar refractivity (Wildman–Crippen MR) is 115 cm³/mol. The molecule has 1 fully saturated rings. The topological polar surface area (TPSA) is 86.9 Å². The smallest absolute Gasteiger partial charge is 0.225 e. The number of likely N-dealkylation sites (tertiary alicyclic amines) is 1. The number of hydrogen-bond acceptors (Lipinski definition) is 4. The summed E-state index contributed by atoms with van der Waals surface area (Å²) in [7, 11) is 0. The second-order valence-electron chi connectivity index (χ2n) is 7.81. The molecule has 1 aliphatic rings. The van der Waals surface area contributed by atoms with Crippen LogP contribution in [-0.4, -0.2) is 63.6 Å². The van der Waals surface area contributed by atoms with Crippen molar-refractivity contribution >= 4 is 17.5 Å². The Hall–Kier alpha value is -2.64. The third-order valence-electron chi connectivity index (χ3n) is 5.20. The number of carbonyl (C=O) groups excluding carboxylic acids is 1. The van der Waals surface area contributed by atoms with E-state index in [0.717, 1.165) is 69.3 Å². The fourth-order valence-electron chi connectivity index (χ4n) is 3.61. The highest BCUT2D eigenvalue weighted by atomic mass is 16.2. The van der Waals surface area contributed by atoms with E-state index in [2.05, 4.69) is 27.8 Å². The number of aliphatic imine (C=N–C) groups is 1. The van der Waals surface area contributed by atoms with Crippen LogP contribution in [0, 0.1) is 5.92 Å². The standard InChI is InChI=1S/C21H33N7O/c1-4-22-21(24-17-10-14-27(15-11-17)20(29)16(2)3)23-12-7-9-19-26-25-18-8-5-6-13-28(18)19/h5-6,8,13,16-17H,4,7,9-12,14-15H2,1-3H3,(H2,22,23,24). The summed E-state index contributed by atoms with van der Waals surface area (Å²) in [6.45, 7) is 9.18. The van der Waals surface area contributed by atoms with Gasteiger partial charge in [-0.1, -0.05) is 19.9 Å². The molecule has 3 heterocycles. The van der Waals surface area contributed by atoms with E-state index in [4.69, 9.17) is 4.99 Å². The molecule has 0 atom stereocenters. The van der Waals surface area contributed by atoms with E-state index in [1.807, 2.05) is 47.5 Å². The molecule has 1 saturated heterocycles. The summed E-state index contributed by atoms with van der Waals surface area (Å²) in [5.74, 6) is 2.15. The number of amides is 1. The van der Waals surface area contributed by atoms with Gasteiger partial charge in [0.05, 0.1) is 0 Å². The van der Waals surface area contributed by atoms with E-state index < -0.39 is 0 Å². The molecule has 1 amide bonds. The molecular weight excluding hydrogens is 366 g/mol. The number of hydrogen-bond donors (Lipinski definition) is 2. The van der Waals surface area contributed by atoms with Gasteiger partial charge in [-0.05, 0) is 38.3 Å². The van der Waals surface area contributed by atoms with E-state index >= 15 is 0 Å². The molecule has 1 aliphatic heterocycles. The Kier molecular flexibility index (Phi) is 7.43. The number of fused-ring (bicyclic) bond motifs is 1. The van der Waals surface area contributed by atoms with Crippen molar-refractivity contribution in [3.05, 3.63) is 30.2 Å². The number of guanidine groups is 1. The van der Waals surface area contributed by atoms with Gasteiger partial charge < -0.3 is 15.5 Å². The first-order valence-electron chi connectivity index (χ1n) is 10.7. The molecule has 0 unspecified atom stereocenters. The second kappa shape index (κ2) is 10.2. The highest BCUT2D eigenvalue weighted by Gasteiger charge is 2.24. The van der Waals surface area contributed by atoms with Crippen molar-refractivity contribution in [2.45, 2.75) is 52.5 Å². The molecule has 2 aromatic rings. The average Bonchev–Trinajstić information content (AvgIpc) is 3.14. The van der Waals surface area contributed by atoms with Gasteiger partial charge in [-0.3, -0.25) is 14.2 Å². The van der Waals surface area contributed by atoms with E-state index in [9.17, 15) is 4.79 Å². The van der Waals surface area contributed by atoms with Gasteiger partial charge in [0, 0.05) is 50.8 Å². The van der Waals surface area contributed by atoms with Crippen LogP contribution in [0.2, 0.25) is 0 Å². The first-order valence-corrected chi connectivity index (χ1v) is 10.7. The molecule has 0 radical (unpaired) electrons. The van der Waals surface area contributed by atoms with Crippen molar-refractivity contribution < 1.29 is 4.79 Å². The summed E-state index contributed by atoms with van der Waals surface area (Å²) in [6.07, 6.45) is 5.65. The van der Waals surface area contributed by atoms with Gasteiger partial charge >= 0.3 is 0 Å². The molecule has 0 aromatic carbocycles. The number of piperidine rings is 1. The number of aromatic nitrogens is 3. The van der Waals surface area contributed by atoms with Crippen LogP contribution >= 0.6 is 0 Å². The fraction of sp³-hybridized carbons (Fsp3) is 0.619. The molecule has 2 N–H and O–H groups in total. The molecule has 0 aliphatic carbocycles. The third kappa shape index (κ3) is 5.68. The number of rotatable bonds is 7. The van der Waals surface area contributed by atoms with Crippen LogP contribution in [0.5, 0.6) is 0 Å². The van der Waals surface area contributed by atoms with Crippen molar-refractivity contribution in [3.8, 4) is 0 Å². The maximum Gasteiger partial charge on any atom is 0.225 e. The lowest BCUT2D eigenvalue weighted by molar-refractivity contribution is -0.135. The lowest BCUT2D eigenvalue weighted by atomic mass is 10.0. The van der Waals surface area contributed by atoms with Crippen molar-refractivity contribution in [1.29, 1.82) is 0 Å². The first kappa shape index (κ1) is 21.1. The molecule has 0 saturated carbocycles. The summed E-state index contributed by atoms with van der Waals surface area (Å²) in [4.78, 5) is 18.8. The van der Waals surface area contributed by atoms with E-state index in [-0.39, 0.29) is 11.8 Å². The predicted octanol–water partition coefficient (Wildman–Crippen LogP) is 1.86. The van der Waals surface area contributed by atoms with Crippen LogP contribution in [0.4, 0.5) is 0 Å².